The van der Waals surface area contributed by atoms with E-state index in [1.165, 1.54) is 10.4 Å². The molecule has 8 nitrogen and oxygen atoms in total. The van der Waals surface area contributed by atoms with Crippen LogP contribution < -0.4 is 9.88 Å². The standard InChI is InChI=1S/C21H25N7O/c1-16(2)17-6-8-18(9-7-17)21-23-25-28(24-21)15-20(29)27-13-11-26(12-14-27)19-5-3-4-10-22-19/h3-10,16H,11-15H2,1-2H3/p+1. The molecule has 1 fully saturated rings. The van der Waals surface area contributed by atoms with E-state index in [9.17, 15) is 4.79 Å². The molecule has 0 saturated carbocycles. The first-order chi connectivity index (χ1) is 14.1. The van der Waals surface area contributed by atoms with Crippen molar-refractivity contribution in [2.75, 3.05) is 31.1 Å². The Hall–Kier alpha value is -3.29. The van der Waals surface area contributed by atoms with Crippen molar-refractivity contribution in [3.8, 4) is 11.4 Å². The Bertz CT molecular complexity index is 945. The van der Waals surface area contributed by atoms with Crippen molar-refractivity contribution in [1.82, 2.24) is 25.1 Å². The SMILES string of the molecule is CC(C)c1ccc(-c2nnn(CC(=O)N3CCN(c4cccc[nH+]4)CC3)n2)cc1. The third-order valence-corrected chi connectivity index (χ3v) is 5.23. The molecule has 1 aromatic carbocycles. The molecule has 1 aliphatic rings. The number of tetrazole rings is 1. The minimum absolute atomic E-state index is 0.0146. The number of nitrogens with one attached hydrogen (secondary N) is 1. The predicted octanol–water partition coefficient (Wildman–Crippen LogP) is 1.63. The third-order valence-electron chi connectivity index (χ3n) is 5.23. The summed E-state index contributed by atoms with van der Waals surface area (Å²) in [6.45, 7) is 7.38. The number of hydrogen-bond acceptors (Lipinski definition) is 5. The topological polar surface area (TPSA) is 81.3 Å². The van der Waals surface area contributed by atoms with Gasteiger partial charge in [0.15, 0.2) is 0 Å². The number of anilines is 1. The van der Waals surface area contributed by atoms with Crippen molar-refractivity contribution in [1.29, 1.82) is 0 Å². The Morgan fingerprint density at radius 3 is 2.48 bits per heavy atom. The number of pyridine rings is 1. The van der Waals surface area contributed by atoms with Gasteiger partial charge in [-0.25, -0.2) is 4.98 Å². The molecule has 1 saturated heterocycles. The summed E-state index contributed by atoms with van der Waals surface area (Å²) in [4.78, 5) is 21.4. The van der Waals surface area contributed by atoms with Crippen molar-refractivity contribution in [3.63, 3.8) is 0 Å². The van der Waals surface area contributed by atoms with Gasteiger partial charge < -0.3 is 4.90 Å². The van der Waals surface area contributed by atoms with E-state index in [-0.39, 0.29) is 12.5 Å². The van der Waals surface area contributed by atoms with E-state index in [4.69, 9.17) is 0 Å². The van der Waals surface area contributed by atoms with Crippen molar-refractivity contribution in [2.45, 2.75) is 26.3 Å². The minimum Gasteiger partial charge on any atom is -0.333 e. The molecule has 0 radical (unpaired) electrons. The van der Waals surface area contributed by atoms with Crippen LogP contribution in [-0.2, 0) is 11.3 Å². The number of carbonyl (C=O) groups excluding carboxylic acids is 1. The van der Waals surface area contributed by atoms with Crippen LogP contribution in [0.15, 0.2) is 48.7 Å². The Labute approximate surface area is 170 Å². The molecule has 4 rings (SSSR count). The first-order valence-corrected chi connectivity index (χ1v) is 9.98. The molecule has 0 atom stereocenters. The monoisotopic (exact) mass is 392 g/mol. The highest BCUT2D eigenvalue weighted by molar-refractivity contribution is 5.76. The van der Waals surface area contributed by atoms with Gasteiger partial charge >= 0.3 is 0 Å². The highest BCUT2D eigenvalue weighted by Gasteiger charge is 2.26. The molecule has 0 bridgehead atoms. The van der Waals surface area contributed by atoms with Gasteiger partial charge in [-0.15, -0.1) is 10.2 Å². The molecular weight excluding hydrogens is 366 g/mol. The lowest BCUT2D eigenvalue weighted by Gasteiger charge is -2.30. The number of hydrogen-bond donors (Lipinski definition) is 0. The second kappa shape index (κ2) is 8.38. The quantitative estimate of drug-likeness (QED) is 0.659. The second-order valence-electron chi connectivity index (χ2n) is 7.54. The first-order valence-electron chi connectivity index (χ1n) is 9.98. The number of aromatic nitrogens is 5. The summed E-state index contributed by atoms with van der Waals surface area (Å²) in [5.74, 6) is 2.11. The van der Waals surface area contributed by atoms with Crippen LogP contribution >= 0.6 is 0 Å². The summed E-state index contributed by atoms with van der Waals surface area (Å²) in [5.41, 5.74) is 2.17. The van der Waals surface area contributed by atoms with Gasteiger partial charge in [0.2, 0.25) is 11.7 Å². The van der Waals surface area contributed by atoms with Crippen molar-refractivity contribution < 1.29 is 9.78 Å². The fraction of sp³-hybridized carbons (Fsp3) is 0.381. The summed E-state index contributed by atoms with van der Waals surface area (Å²) < 4.78 is 0. The minimum atomic E-state index is 0.0146. The van der Waals surface area contributed by atoms with Crippen molar-refractivity contribution >= 4 is 11.7 Å². The lowest BCUT2D eigenvalue weighted by molar-refractivity contribution is -0.364. The van der Waals surface area contributed by atoms with E-state index in [2.05, 4.69) is 51.3 Å². The molecule has 0 unspecified atom stereocenters. The number of amides is 1. The van der Waals surface area contributed by atoms with E-state index in [1.54, 1.807) is 0 Å². The number of nitrogens with zero attached hydrogens (tertiary/aromatic N) is 6. The smallest absolute Gasteiger partial charge is 0.274 e. The van der Waals surface area contributed by atoms with Gasteiger partial charge in [0.1, 0.15) is 19.6 Å². The van der Waals surface area contributed by atoms with E-state index in [0.29, 0.717) is 24.8 Å². The van der Waals surface area contributed by atoms with Crippen LogP contribution in [0.4, 0.5) is 5.82 Å². The van der Waals surface area contributed by atoms with Crippen LogP contribution in [0, 0.1) is 0 Å². The number of carbonyl (C=O) groups is 1. The number of H-pyrrole nitrogens is 1. The molecule has 29 heavy (non-hydrogen) atoms. The van der Waals surface area contributed by atoms with Gasteiger partial charge in [-0.2, -0.15) is 4.80 Å². The van der Waals surface area contributed by atoms with Gasteiger partial charge in [0, 0.05) is 11.6 Å². The lowest BCUT2D eigenvalue weighted by Crippen LogP contribution is -2.50. The molecular formula is C21H26N7O+. The predicted molar refractivity (Wildman–Crippen MR) is 109 cm³/mol. The zero-order valence-electron chi connectivity index (χ0n) is 16.8. The van der Waals surface area contributed by atoms with E-state index in [0.717, 1.165) is 24.5 Å². The number of benzene rings is 1. The Kier molecular flexibility index (Phi) is 5.50. The fourth-order valence-electron chi connectivity index (χ4n) is 3.44. The first kappa shape index (κ1) is 19.0. The Morgan fingerprint density at radius 2 is 1.83 bits per heavy atom. The lowest BCUT2D eigenvalue weighted by atomic mass is 10.0. The summed E-state index contributed by atoms with van der Waals surface area (Å²) in [6.07, 6.45) is 1.91. The maximum absolute atomic E-state index is 12.6. The highest BCUT2D eigenvalue weighted by Crippen LogP contribution is 2.19. The van der Waals surface area contributed by atoms with Crippen LogP contribution in [0.3, 0.4) is 0 Å². The summed E-state index contributed by atoms with van der Waals surface area (Å²) in [5, 5.41) is 12.6. The summed E-state index contributed by atoms with van der Waals surface area (Å²) >= 11 is 0. The van der Waals surface area contributed by atoms with Crippen molar-refractivity contribution in [2.24, 2.45) is 0 Å². The number of aromatic amines is 1. The number of rotatable bonds is 5. The van der Waals surface area contributed by atoms with Crippen LogP contribution in [0.5, 0.6) is 0 Å². The summed E-state index contributed by atoms with van der Waals surface area (Å²) in [7, 11) is 0. The second-order valence-corrected chi connectivity index (χ2v) is 7.54. The molecule has 1 aliphatic heterocycles. The molecule has 1 N–H and O–H groups in total. The third kappa shape index (κ3) is 4.42. The largest absolute Gasteiger partial charge is 0.333 e. The van der Waals surface area contributed by atoms with Crippen molar-refractivity contribution in [3.05, 3.63) is 54.2 Å². The van der Waals surface area contributed by atoms with Gasteiger partial charge in [-0.3, -0.25) is 9.69 Å². The Morgan fingerprint density at radius 1 is 1.07 bits per heavy atom. The zero-order chi connectivity index (χ0) is 20.2. The van der Waals surface area contributed by atoms with Gasteiger partial charge in [0.25, 0.3) is 5.82 Å². The normalized spacial score (nSPS) is 14.4. The van der Waals surface area contributed by atoms with Gasteiger partial charge in [-0.1, -0.05) is 44.2 Å². The molecule has 1 amide bonds. The zero-order valence-corrected chi connectivity index (χ0v) is 16.8. The summed E-state index contributed by atoms with van der Waals surface area (Å²) in [6, 6.07) is 14.2. The molecule has 3 heterocycles. The van der Waals surface area contributed by atoms with E-state index >= 15 is 0 Å². The average molecular weight is 392 g/mol. The number of piperazine rings is 1. The van der Waals surface area contributed by atoms with Crippen LogP contribution in [-0.4, -0.2) is 57.2 Å². The molecule has 150 valence electrons. The van der Waals surface area contributed by atoms with Crippen LogP contribution in [0.25, 0.3) is 11.4 Å². The molecule has 0 aliphatic carbocycles. The highest BCUT2D eigenvalue weighted by atomic mass is 16.2. The van der Waals surface area contributed by atoms with E-state index < -0.39 is 0 Å². The Balaban J connectivity index is 1.34. The van der Waals surface area contributed by atoms with Crippen LogP contribution in [0.2, 0.25) is 0 Å². The molecule has 3 aromatic rings. The van der Waals surface area contributed by atoms with Gasteiger partial charge in [-0.05, 0) is 22.8 Å². The fourth-order valence-corrected chi connectivity index (χ4v) is 3.44. The van der Waals surface area contributed by atoms with E-state index in [1.807, 2.05) is 41.4 Å². The molecule has 0 spiro atoms. The maximum atomic E-state index is 12.6. The van der Waals surface area contributed by atoms with Crippen LogP contribution in [0.1, 0.15) is 25.3 Å². The average Bonchev–Trinajstić information content (AvgIpc) is 3.23. The molecule has 8 heteroatoms. The molecule has 2 aromatic heterocycles. The maximum Gasteiger partial charge on any atom is 0.274 e. The van der Waals surface area contributed by atoms with Gasteiger partial charge in [0.05, 0.1) is 19.3 Å².